The van der Waals surface area contributed by atoms with Crippen molar-refractivity contribution in [1.82, 2.24) is 10.2 Å². The average Bonchev–Trinajstić information content (AvgIpc) is 2.31. The monoisotopic (exact) mass is 290 g/mol. The lowest BCUT2D eigenvalue weighted by atomic mass is 10.0. The van der Waals surface area contributed by atoms with Crippen molar-refractivity contribution in [1.29, 1.82) is 0 Å². The minimum absolute atomic E-state index is 0.0926. The van der Waals surface area contributed by atoms with E-state index in [0.717, 1.165) is 6.42 Å². The van der Waals surface area contributed by atoms with Gasteiger partial charge in [-0.05, 0) is 37.7 Å². The molecule has 2 atom stereocenters. The van der Waals surface area contributed by atoms with Gasteiger partial charge in [-0.1, -0.05) is 13.8 Å². The number of hydrogen-bond acceptors (Lipinski definition) is 3. The molecular formula is C13H26N2O3S. The second kappa shape index (κ2) is 9.07. The number of carbonyl (C=O) groups excluding carboxylic acids is 1. The normalized spacial score (nSPS) is 14.0. The first kappa shape index (κ1) is 18.1. The molecule has 0 aromatic carbocycles. The maximum atomic E-state index is 12.0. The molecule has 0 saturated carbocycles. The zero-order chi connectivity index (χ0) is 15.0. The molecule has 5 nitrogen and oxygen atoms in total. The van der Waals surface area contributed by atoms with Crippen LogP contribution in [0.1, 0.15) is 33.6 Å². The fraction of sp³-hybridized carbons (Fsp3) is 0.846. The summed E-state index contributed by atoms with van der Waals surface area (Å²) in [6.07, 6.45) is 3.25. The van der Waals surface area contributed by atoms with Gasteiger partial charge in [0.05, 0.1) is 0 Å². The second-order valence-corrected chi connectivity index (χ2v) is 6.20. The highest BCUT2D eigenvalue weighted by Gasteiger charge is 2.23. The van der Waals surface area contributed by atoms with Gasteiger partial charge in [0.15, 0.2) is 0 Å². The van der Waals surface area contributed by atoms with Crippen LogP contribution in [0, 0.1) is 5.92 Å². The van der Waals surface area contributed by atoms with Crippen molar-refractivity contribution < 1.29 is 14.7 Å². The van der Waals surface area contributed by atoms with E-state index in [4.69, 9.17) is 5.11 Å². The molecule has 0 spiro atoms. The van der Waals surface area contributed by atoms with E-state index in [2.05, 4.69) is 19.2 Å². The number of carboxylic acids is 1. The molecule has 0 saturated heterocycles. The summed E-state index contributed by atoms with van der Waals surface area (Å²) in [5.41, 5.74) is 0. The number of carboxylic acid groups (broad SMARTS) is 1. The van der Waals surface area contributed by atoms with Gasteiger partial charge < -0.3 is 15.3 Å². The first-order chi connectivity index (χ1) is 8.79. The lowest BCUT2D eigenvalue weighted by Gasteiger charge is -2.28. The van der Waals surface area contributed by atoms with Crippen LogP contribution in [-0.4, -0.2) is 53.1 Å². The Hall–Kier alpha value is -0.910. The molecule has 0 aliphatic rings. The summed E-state index contributed by atoms with van der Waals surface area (Å²) in [5.74, 6) is 0.229. The van der Waals surface area contributed by atoms with Crippen LogP contribution < -0.4 is 5.32 Å². The SMILES string of the molecule is CSCC[C@H](NC(=O)N(C)C(C)CC(C)C)C(=O)O. The lowest BCUT2D eigenvalue weighted by Crippen LogP contribution is -2.49. The van der Waals surface area contributed by atoms with Gasteiger partial charge in [0.2, 0.25) is 0 Å². The molecule has 0 aliphatic carbocycles. The molecule has 19 heavy (non-hydrogen) atoms. The van der Waals surface area contributed by atoms with Crippen molar-refractivity contribution in [2.75, 3.05) is 19.1 Å². The summed E-state index contributed by atoms with van der Waals surface area (Å²) < 4.78 is 0. The first-order valence-corrected chi connectivity index (χ1v) is 7.94. The predicted octanol–water partition coefficient (Wildman–Crippen LogP) is 2.27. The molecule has 2 amide bonds. The fourth-order valence-corrected chi connectivity index (χ4v) is 2.26. The smallest absolute Gasteiger partial charge is 0.326 e. The van der Waals surface area contributed by atoms with E-state index in [9.17, 15) is 9.59 Å². The molecule has 0 fully saturated rings. The highest BCUT2D eigenvalue weighted by Crippen LogP contribution is 2.10. The van der Waals surface area contributed by atoms with Gasteiger partial charge in [-0.25, -0.2) is 9.59 Å². The van der Waals surface area contributed by atoms with Crippen LogP contribution in [0.5, 0.6) is 0 Å². The Balaban J connectivity index is 4.41. The van der Waals surface area contributed by atoms with Crippen LogP contribution >= 0.6 is 11.8 Å². The van der Waals surface area contributed by atoms with Gasteiger partial charge in [0.25, 0.3) is 0 Å². The van der Waals surface area contributed by atoms with Crippen molar-refractivity contribution >= 4 is 23.8 Å². The third kappa shape index (κ3) is 7.30. The van der Waals surface area contributed by atoms with Crippen LogP contribution in [-0.2, 0) is 4.79 Å². The summed E-state index contributed by atoms with van der Waals surface area (Å²) in [6.45, 7) is 6.17. The molecule has 0 rings (SSSR count). The molecule has 0 bridgehead atoms. The summed E-state index contributed by atoms with van der Waals surface area (Å²) in [6, 6.07) is -1.04. The molecular weight excluding hydrogens is 264 g/mol. The van der Waals surface area contributed by atoms with Gasteiger partial charge >= 0.3 is 12.0 Å². The molecule has 0 heterocycles. The Kier molecular flexibility index (Phi) is 8.63. The Bertz CT molecular complexity index is 298. The largest absolute Gasteiger partial charge is 0.480 e. The molecule has 0 aliphatic heterocycles. The Morgan fingerprint density at radius 3 is 2.32 bits per heavy atom. The second-order valence-electron chi connectivity index (χ2n) is 5.21. The van der Waals surface area contributed by atoms with Crippen LogP contribution in [0.25, 0.3) is 0 Å². The van der Waals surface area contributed by atoms with Gasteiger partial charge in [-0.3, -0.25) is 0 Å². The summed E-state index contributed by atoms with van der Waals surface area (Å²) >= 11 is 1.57. The van der Waals surface area contributed by atoms with Crippen molar-refractivity contribution in [2.45, 2.75) is 45.7 Å². The first-order valence-electron chi connectivity index (χ1n) is 6.54. The van der Waals surface area contributed by atoms with Gasteiger partial charge in [-0.2, -0.15) is 11.8 Å². The molecule has 1 unspecified atom stereocenters. The van der Waals surface area contributed by atoms with Gasteiger partial charge in [0, 0.05) is 13.1 Å². The molecule has 0 radical (unpaired) electrons. The van der Waals surface area contributed by atoms with Crippen LogP contribution in [0.3, 0.4) is 0 Å². The highest BCUT2D eigenvalue weighted by atomic mass is 32.2. The molecule has 2 N–H and O–H groups in total. The summed E-state index contributed by atoms with van der Waals surface area (Å²) in [7, 11) is 1.70. The van der Waals surface area contributed by atoms with E-state index < -0.39 is 12.0 Å². The van der Waals surface area contributed by atoms with E-state index in [1.165, 1.54) is 0 Å². The summed E-state index contributed by atoms with van der Waals surface area (Å²) in [4.78, 5) is 24.6. The Labute approximate surface area is 120 Å². The standard InChI is InChI=1S/C13H26N2O3S/c1-9(2)8-10(3)15(4)13(18)14-11(12(16)17)6-7-19-5/h9-11H,6-8H2,1-5H3,(H,14,18)(H,16,17)/t10?,11-/m0/s1. The summed E-state index contributed by atoms with van der Waals surface area (Å²) in [5, 5.41) is 11.7. The van der Waals surface area contributed by atoms with Gasteiger partial charge in [0.1, 0.15) is 6.04 Å². The number of amides is 2. The number of carbonyl (C=O) groups is 2. The minimum atomic E-state index is -0.979. The maximum Gasteiger partial charge on any atom is 0.326 e. The maximum absolute atomic E-state index is 12.0. The molecule has 6 heteroatoms. The number of nitrogens with zero attached hydrogens (tertiary/aromatic N) is 1. The van der Waals surface area contributed by atoms with Crippen molar-refractivity contribution in [3.05, 3.63) is 0 Å². The van der Waals surface area contributed by atoms with Crippen molar-refractivity contribution in [3.63, 3.8) is 0 Å². The van der Waals surface area contributed by atoms with Crippen LogP contribution in [0.15, 0.2) is 0 Å². The third-order valence-corrected chi connectivity index (χ3v) is 3.64. The highest BCUT2D eigenvalue weighted by molar-refractivity contribution is 7.98. The third-order valence-electron chi connectivity index (χ3n) is 3.00. The van der Waals surface area contributed by atoms with E-state index in [0.29, 0.717) is 18.1 Å². The predicted molar refractivity (Wildman–Crippen MR) is 79.6 cm³/mol. The quantitative estimate of drug-likeness (QED) is 0.719. The van der Waals surface area contributed by atoms with Crippen LogP contribution in [0.2, 0.25) is 0 Å². The van der Waals surface area contributed by atoms with E-state index in [1.54, 1.807) is 23.7 Å². The van der Waals surface area contributed by atoms with E-state index in [-0.39, 0.29) is 12.1 Å². The number of thioether (sulfide) groups is 1. The minimum Gasteiger partial charge on any atom is -0.480 e. The Morgan fingerprint density at radius 2 is 1.89 bits per heavy atom. The average molecular weight is 290 g/mol. The van der Waals surface area contributed by atoms with Gasteiger partial charge in [-0.15, -0.1) is 0 Å². The topological polar surface area (TPSA) is 69.6 Å². The van der Waals surface area contributed by atoms with Crippen molar-refractivity contribution in [3.8, 4) is 0 Å². The van der Waals surface area contributed by atoms with Crippen molar-refractivity contribution in [2.24, 2.45) is 5.92 Å². The van der Waals surface area contributed by atoms with E-state index in [1.807, 2.05) is 13.2 Å². The number of nitrogens with one attached hydrogen (secondary N) is 1. The van der Waals surface area contributed by atoms with Crippen LogP contribution in [0.4, 0.5) is 4.79 Å². The fourth-order valence-electron chi connectivity index (χ4n) is 1.78. The zero-order valence-corrected chi connectivity index (χ0v) is 13.3. The van der Waals surface area contributed by atoms with E-state index >= 15 is 0 Å². The number of rotatable bonds is 8. The number of hydrogen-bond donors (Lipinski definition) is 2. The number of aliphatic carboxylic acids is 1. The Morgan fingerprint density at radius 1 is 1.32 bits per heavy atom. The molecule has 0 aromatic rings. The zero-order valence-electron chi connectivity index (χ0n) is 12.5. The number of urea groups is 1. The molecule has 0 aromatic heterocycles. The molecule has 112 valence electrons. The lowest BCUT2D eigenvalue weighted by molar-refractivity contribution is -0.139.